The Morgan fingerprint density at radius 2 is 1.84 bits per heavy atom. The van der Waals surface area contributed by atoms with Gasteiger partial charge >= 0.3 is 0 Å². The monoisotopic (exact) mass is 395 g/mol. The third-order valence-electron chi connectivity index (χ3n) is 6.38. The molecule has 0 aromatic heterocycles. The van der Waals surface area contributed by atoms with Crippen molar-refractivity contribution in [2.24, 2.45) is 23.5 Å². The summed E-state index contributed by atoms with van der Waals surface area (Å²) in [5, 5.41) is 0. The largest absolute Gasteiger partial charge is 0.375 e. The minimum absolute atomic E-state index is 0. The number of nitrogens with two attached hydrogens (primary N) is 1. The second kappa shape index (κ2) is 10.3. The molecule has 2 N–H and O–H groups in total. The zero-order chi connectivity index (χ0) is 16.4. The number of carbonyl (C=O) groups excluding carboxylic acids is 1. The number of amides is 1. The fraction of sp³-hybridized carbons (Fsp3) is 0.944. The van der Waals surface area contributed by atoms with E-state index in [-0.39, 0.29) is 42.9 Å². The van der Waals surface area contributed by atoms with Crippen LogP contribution in [0.1, 0.15) is 39.5 Å². The highest BCUT2D eigenvalue weighted by molar-refractivity contribution is 5.85. The Bertz CT molecular complexity index is 421. The average Bonchev–Trinajstić information content (AvgIpc) is 3.27. The second-order valence-corrected chi connectivity index (χ2v) is 7.53. The smallest absolute Gasteiger partial charge is 0.227 e. The minimum atomic E-state index is 0. The third-order valence-corrected chi connectivity index (χ3v) is 6.38. The normalized spacial score (nSPS) is 33.4. The molecule has 25 heavy (non-hydrogen) atoms. The number of halogens is 2. The lowest BCUT2D eigenvalue weighted by molar-refractivity contribution is -0.137. The van der Waals surface area contributed by atoms with Crippen LogP contribution in [-0.2, 0) is 9.53 Å². The Hall–Kier alpha value is -0.0700. The standard InChI is InChI=1S/C18H33N3O2.2ClH/c1-3-20(4-2)9-10-23-15-7-8-21(12-15)18(22)16-13-5-6-14(11-13)17(16)19;;/h13-17H,3-12,19H2,1-2H3;2*1H. The number of fused-ring (bicyclic) bond motifs is 2. The van der Waals surface area contributed by atoms with Crippen LogP contribution in [0.2, 0.25) is 0 Å². The van der Waals surface area contributed by atoms with E-state index in [2.05, 4.69) is 18.7 Å². The van der Waals surface area contributed by atoms with Crippen molar-refractivity contribution < 1.29 is 9.53 Å². The van der Waals surface area contributed by atoms with Gasteiger partial charge in [-0.3, -0.25) is 4.79 Å². The van der Waals surface area contributed by atoms with Crippen molar-refractivity contribution in [2.45, 2.75) is 51.7 Å². The first-order valence-electron chi connectivity index (χ1n) is 9.52. The zero-order valence-electron chi connectivity index (χ0n) is 15.6. The molecule has 1 amide bonds. The lowest BCUT2D eigenvalue weighted by Gasteiger charge is -2.30. The van der Waals surface area contributed by atoms with Crippen LogP contribution in [0.25, 0.3) is 0 Å². The van der Waals surface area contributed by atoms with Gasteiger partial charge < -0.3 is 20.3 Å². The van der Waals surface area contributed by atoms with E-state index >= 15 is 0 Å². The van der Waals surface area contributed by atoms with E-state index in [4.69, 9.17) is 10.5 Å². The zero-order valence-corrected chi connectivity index (χ0v) is 17.2. The minimum Gasteiger partial charge on any atom is -0.375 e. The molecule has 2 saturated carbocycles. The SMILES string of the molecule is CCN(CC)CCOC1CCN(C(=O)C2C3CCC(C3)C2N)C1.Cl.Cl. The van der Waals surface area contributed by atoms with Gasteiger partial charge in [-0.1, -0.05) is 13.8 Å². The summed E-state index contributed by atoms with van der Waals surface area (Å²) in [7, 11) is 0. The molecule has 5 atom stereocenters. The van der Waals surface area contributed by atoms with Gasteiger partial charge in [0.1, 0.15) is 0 Å². The molecule has 5 unspecified atom stereocenters. The van der Waals surface area contributed by atoms with Crippen LogP contribution in [-0.4, -0.2) is 67.2 Å². The first-order valence-corrected chi connectivity index (χ1v) is 9.52. The van der Waals surface area contributed by atoms with Crippen molar-refractivity contribution in [2.75, 3.05) is 39.3 Å². The van der Waals surface area contributed by atoms with Crippen LogP contribution in [0.5, 0.6) is 0 Å². The van der Waals surface area contributed by atoms with Crippen LogP contribution >= 0.6 is 24.8 Å². The highest BCUT2D eigenvalue weighted by Gasteiger charge is 2.50. The van der Waals surface area contributed by atoms with Crippen LogP contribution in [0.3, 0.4) is 0 Å². The molecule has 1 saturated heterocycles. The summed E-state index contributed by atoms with van der Waals surface area (Å²) in [4.78, 5) is 17.2. The molecule has 148 valence electrons. The average molecular weight is 396 g/mol. The van der Waals surface area contributed by atoms with Crippen LogP contribution < -0.4 is 5.73 Å². The van der Waals surface area contributed by atoms with Gasteiger partial charge in [0.05, 0.1) is 18.6 Å². The van der Waals surface area contributed by atoms with E-state index < -0.39 is 0 Å². The Morgan fingerprint density at radius 3 is 2.44 bits per heavy atom. The Labute approximate surface area is 164 Å². The molecule has 1 heterocycles. The van der Waals surface area contributed by atoms with Gasteiger partial charge in [-0.05, 0) is 50.6 Å². The van der Waals surface area contributed by atoms with Crippen molar-refractivity contribution in [1.29, 1.82) is 0 Å². The van der Waals surface area contributed by atoms with Crippen molar-refractivity contribution >= 4 is 30.7 Å². The molecule has 2 bridgehead atoms. The Morgan fingerprint density at radius 1 is 1.16 bits per heavy atom. The van der Waals surface area contributed by atoms with E-state index in [1.807, 2.05) is 4.90 Å². The highest BCUT2D eigenvalue weighted by atomic mass is 35.5. The van der Waals surface area contributed by atoms with Gasteiger partial charge in [-0.15, -0.1) is 24.8 Å². The molecule has 2 aliphatic carbocycles. The summed E-state index contributed by atoms with van der Waals surface area (Å²) in [6, 6.07) is 0.101. The van der Waals surface area contributed by atoms with E-state index in [1.165, 1.54) is 19.3 Å². The van der Waals surface area contributed by atoms with Crippen molar-refractivity contribution in [3.8, 4) is 0 Å². The predicted molar refractivity (Wildman–Crippen MR) is 106 cm³/mol. The van der Waals surface area contributed by atoms with Gasteiger partial charge in [0.15, 0.2) is 0 Å². The van der Waals surface area contributed by atoms with Gasteiger partial charge in [0.2, 0.25) is 5.91 Å². The fourth-order valence-electron chi connectivity index (χ4n) is 4.87. The molecule has 3 rings (SSSR count). The van der Waals surface area contributed by atoms with Crippen molar-refractivity contribution in [3.63, 3.8) is 0 Å². The summed E-state index contributed by atoms with van der Waals surface area (Å²) in [6.45, 7) is 9.84. The molecule has 0 aromatic carbocycles. The fourth-order valence-corrected chi connectivity index (χ4v) is 4.87. The second-order valence-electron chi connectivity index (χ2n) is 7.53. The van der Waals surface area contributed by atoms with E-state index in [0.717, 1.165) is 45.8 Å². The number of likely N-dealkylation sites (N-methyl/N-ethyl adjacent to an activating group) is 1. The number of hydrogen-bond acceptors (Lipinski definition) is 4. The van der Waals surface area contributed by atoms with Crippen LogP contribution in [0.4, 0.5) is 0 Å². The summed E-state index contributed by atoms with van der Waals surface area (Å²) in [5.41, 5.74) is 6.33. The summed E-state index contributed by atoms with van der Waals surface area (Å²) < 4.78 is 6.00. The first kappa shape index (κ1) is 23.0. The summed E-state index contributed by atoms with van der Waals surface area (Å²) in [6.07, 6.45) is 4.79. The highest BCUT2D eigenvalue weighted by Crippen LogP contribution is 2.48. The van der Waals surface area contributed by atoms with Gasteiger partial charge in [0, 0.05) is 25.7 Å². The summed E-state index contributed by atoms with van der Waals surface area (Å²) >= 11 is 0. The van der Waals surface area contributed by atoms with E-state index in [1.54, 1.807) is 0 Å². The molecule has 0 aromatic rings. The molecule has 3 aliphatic rings. The number of nitrogens with zero attached hydrogens (tertiary/aromatic N) is 2. The lowest BCUT2D eigenvalue weighted by Crippen LogP contribution is -2.46. The topological polar surface area (TPSA) is 58.8 Å². The molecular weight excluding hydrogens is 361 g/mol. The lowest BCUT2D eigenvalue weighted by atomic mass is 9.84. The Kier molecular flexibility index (Phi) is 9.47. The first-order chi connectivity index (χ1) is 11.1. The van der Waals surface area contributed by atoms with E-state index in [9.17, 15) is 4.79 Å². The molecule has 1 aliphatic heterocycles. The molecule has 7 heteroatoms. The predicted octanol–water partition coefficient (Wildman–Crippen LogP) is 2.16. The number of rotatable bonds is 7. The van der Waals surface area contributed by atoms with Gasteiger partial charge in [-0.2, -0.15) is 0 Å². The molecule has 3 fully saturated rings. The maximum absolute atomic E-state index is 12.9. The maximum atomic E-state index is 12.9. The number of likely N-dealkylation sites (tertiary alicyclic amines) is 1. The van der Waals surface area contributed by atoms with E-state index in [0.29, 0.717) is 17.7 Å². The van der Waals surface area contributed by atoms with Crippen molar-refractivity contribution in [1.82, 2.24) is 9.80 Å². The molecule has 0 radical (unpaired) electrons. The maximum Gasteiger partial charge on any atom is 0.227 e. The summed E-state index contributed by atoms with van der Waals surface area (Å²) in [5.74, 6) is 1.53. The quantitative estimate of drug-likeness (QED) is 0.717. The molecular formula is C18H35Cl2N3O2. The van der Waals surface area contributed by atoms with Crippen molar-refractivity contribution in [3.05, 3.63) is 0 Å². The number of ether oxygens (including phenoxy) is 1. The third kappa shape index (κ3) is 5.01. The van der Waals surface area contributed by atoms with Crippen LogP contribution in [0, 0.1) is 17.8 Å². The van der Waals surface area contributed by atoms with Gasteiger partial charge in [-0.25, -0.2) is 0 Å². The molecule has 5 nitrogen and oxygen atoms in total. The molecule has 0 spiro atoms. The van der Waals surface area contributed by atoms with Crippen LogP contribution in [0.15, 0.2) is 0 Å². The number of carbonyl (C=O) groups is 1. The Balaban J connectivity index is 0.00000156. The number of hydrogen-bond donors (Lipinski definition) is 1. The van der Waals surface area contributed by atoms with Gasteiger partial charge in [0.25, 0.3) is 0 Å².